The van der Waals surface area contributed by atoms with E-state index in [2.05, 4.69) is 53.2 Å². The van der Waals surface area contributed by atoms with E-state index >= 15 is 0 Å². The Morgan fingerprint density at radius 1 is 0.500 bits per heavy atom. The molecule has 5 rings (SSSR count). The molecule has 2 aromatic carbocycles. The van der Waals surface area contributed by atoms with Crippen LogP contribution in [0.4, 0.5) is 11.4 Å². The molecule has 282 valence electrons. The minimum atomic E-state index is -1.18. The van der Waals surface area contributed by atoms with Crippen LogP contribution in [0.1, 0.15) is 11.1 Å². The van der Waals surface area contributed by atoms with Gasteiger partial charge in [-0.3, -0.25) is 9.59 Å². The minimum absolute atomic E-state index is 0.290. The first-order valence-corrected chi connectivity index (χ1v) is 17.5. The molecule has 0 saturated carbocycles. The van der Waals surface area contributed by atoms with Gasteiger partial charge < -0.3 is 63.4 Å². The third kappa shape index (κ3) is 14.6. The van der Waals surface area contributed by atoms with E-state index < -0.39 is 23.8 Å². The number of nitrogens with one attached hydrogen (secondary N) is 10. The van der Waals surface area contributed by atoms with E-state index in [9.17, 15) is 19.2 Å². The molecule has 3 saturated heterocycles. The Kier molecular flexibility index (Phi) is 16.3. The molecule has 2 bridgehead atoms. The maximum atomic E-state index is 12.0. The van der Waals surface area contributed by atoms with Crippen molar-refractivity contribution in [3.8, 4) is 0 Å². The Hall–Kier alpha value is -4.52. The standard InChI is InChI=1S/C36H52N10O6/c47-31(9-11-33(49)50)45-29-5-1-27(2-6-29)19-43-35-21-37-13-16-40-24-36(25-41-17-14-38-22-35,26-42-18-15-39-23-35)44-20-28-3-7-30(8-4-28)46-32(48)10-12-34(51)52/h1-12,37-44H,13-26H2,(H,45,47)(H,46,48)(H,49,50)(H,51,52)/b11-9+,12-10+. The summed E-state index contributed by atoms with van der Waals surface area (Å²) >= 11 is 0. The van der Waals surface area contributed by atoms with Crippen LogP contribution in [0, 0.1) is 0 Å². The molecule has 0 radical (unpaired) electrons. The predicted molar refractivity (Wildman–Crippen MR) is 200 cm³/mol. The quantitative estimate of drug-likeness (QED) is 0.115. The Morgan fingerprint density at radius 2 is 0.788 bits per heavy atom. The van der Waals surface area contributed by atoms with Gasteiger partial charge in [-0.2, -0.15) is 0 Å². The van der Waals surface area contributed by atoms with Crippen molar-refractivity contribution >= 4 is 35.1 Å². The lowest BCUT2D eigenvalue weighted by molar-refractivity contribution is -0.132. The van der Waals surface area contributed by atoms with Crippen LogP contribution in [0.3, 0.4) is 0 Å². The molecule has 52 heavy (non-hydrogen) atoms. The van der Waals surface area contributed by atoms with Crippen molar-refractivity contribution in [2.75, 3.05) is 89.2 Å². The van der Waals surface area contributed by atoms with Gasteiger partial charge in [0.05, 0.1) is 11.1 Å². The first-order valence-electron chi connectivity index (χ1n) is 17.5. The molecule has 16 heteroatoms. The number of rotatable bonds is 12. The Morgan fingerprint density at radius 3 is 1.06 bits per heavy atom. The topological polar surface area (TPSA) is 229 Å². The van der Waals surface area contributed by atoms with E-state index in [4.69, 9.17) is 10.2 Å². The van der Waals surface area contributed by atoms with Gasteiger partial charge in [0, 0.05) is 127 Å². The summed E-state index contributed by atoms with van der Waals surface area (Å²) in [6.45, 7) is 10.3. The summed E-state index contributed by atoms with van der Waals surface area (Å²) in [6.07, 6.45) is 3.58. The summed E-state index contributed by atoms with van der Waals surface area (Å²) in [5.74, 6) is -3.36. The maximum Gasteiger partial charge on any atom is 0.328 e. The van der Waals surface area contributed by atoms with Crippen molar-refractivity contribution in [2.24, 2.45) is 0 Å². The normalized spacial score (nSPS) is 22.4. The number of benzene rings is 2. The lowest BCUT2D eigenvalue weighted by Gasteiger charge is -2.39. The molecule has 0 aliphatic carbocycles. The number of aliphatic carboxylic acids is 2. The van der Waals surface area contributed by atoms with E-state index in [1.54, 1.807) is 24.3 Å². The van der Waals surface area contributed by atoms with Gasteiger partial charge in [0.25, 0.3) is 0 Å². The summed E-state index contributed by atoms with van der Waals surface area (Å²) in [6, 6.07) is 15.0. The van der Waals surface area contributed by atoms with Crippen molar-refractivity contribution in [3.05, 3.63) is 84.0 Å². The van der Waals surface area contributed by atoms with E-state index in [0.29, 0.717) is 24.5 Å². The van der Waals surface area contributed by atoms with E-state index in [-0.39, 0.29) is 11.1 Å². The molecule has 0 atom stereocenters. The first-order chi connectivity index (χ1) is 25.1. The average Bonchev–Trinajstić information content (AvgIpc) is 3.13. The molecule has 0 aromatic heterocycles. The summed E-state index contributed by atoms with van der Waals surface area (Å²) in [5, 5.41) is 52.4. The number of hydrogen-bond acceptors (Lipinski definition) is 12. The molecule has 0 unspecified atom stereocenters. The largest absolute Gasteiger partial charge is 0.478 e. The molecule has 3 heterocycles. The van der Waals surface area contributed by atoms with Gasteiger partial charge in [0.2, 0.25) is 11.8 Å². The monoisotopic (exact) mass is 720 g/mol. The summed E-state index contributed by atoms with van der Waals surface area (Å²) in [5.41, 5.74) is 2.69. The van der Waals surface area contributed by atoms with Gasteiger partial charge in [0.1, 0.15) is 0 Å². The Balaban J connectivity index is 1.35. The van der Waals surface area contributed by atoms with Crippen molar-refractivity contribution < 1.29 is 29.4 Å². The van der Waals surface area contributed by atoms with Gasteiger partial charge in [-0.05, 0) is 35.4 Å². The van der Waals surface area contributed by atoms with Crippen molar-refractivity contribution in [1.82, 2.24) is 42.5 Å². The fourth-order valence-corrected chi connectivity index (χ4v) is 5.90. The zero-order chi connectivity index (χ0) is 37.1. The lowest BCUT2D eigenvalue weighted by atomic mass is 9.96. The molecule has 16 nitrogen and oxygen atoms in total. The highest BCUT2D eigenvalue weighted by Crippen LogP contribution is 2.13. The highest BCUT2D eigenvalue weighted by molar-refractivity contribution is 6.02. The SMILES string of the molecule is O=C(O)/C=C/C(=O)Nc1ccc(CNC23CNCCNCC(NCc4ccc(NC(=O)/C=C/C(=O)O)cc4)(CNCCNC2)CNCCNC3)cc1. The second-order valence-electron chi connectivity index (χ2n) is 13.0. The van der Waals surface area contributed by atoms with Crippen molar-refractivity contribution in [3.63, 3.8) is 0 Å². The Labute approximate surface area is 304 Å². The van der Waals surface area contributed by atoms with E-state index in [1.165, 1.54) is 0 Å². The summed E-state index contributed by atoms with van der Waals surface area (Å²) < 4.78 is 0. The van der Waals surface area contributed by atoms with Crippen LogP contribution < -0.4 is 53.2 Å². The number of anilines is 2. The fourth-order valence-electron chi connectivity index (χ4n) is 5.90. The highest BCUT2D eigenvalue weighted by Gasteiger charge is 2.31. The summed E-state index contributed by atoms with van der Waals surface area (Å²) in [4.78, 5) is 45.3. The number of carboxylic acid groups (broad SMARTS) is 2. The average molecular weight is 721 g/mol. The molecule has 2 aromatic rings. The highest BCUT2D eigenvalue weighted by atomic mass is 16.4. The zero-order valence-corrected chi connectivity index (χ0v) is 29.4. The second-order valence-corrected chi connectivity index (χ2v) is 13.0. The first kappa shape index (κ1) is 40.3. The molecular weight excluding hydrogens is 668 g/mol. The van der Waals surface area contributed by atoms with Gasteiger partial charge in [-0.1, -0.05) is 24.3 Å². The van der Waals surface area contributed by atoms with Crippen LogP contribution >= 0.6 is 0 Å². The summed E-state index contributed by atoms with van der Waals surface area (Å²) in [7, 11) is 0. The minimum Gasteiger partial charge on any atom is -0.478 e. The van der Waals surface area contributed by atoms with Crippen LogP contribution in [0.15, 0.2) is 72.8 Å². The van der Waals surface area contributed by atoms with Crippen LogP contribution in [0.25, 0.3) is 0 Å². The smallest absolute Gasteiger partial charge is 0.328 e. The van der Waals surface area contributed by atoms with Gasteiger partial charge in [0.15, 0.2) is 0 Å². The molecule has 3 aliphatic heterocycles. The van der Waals surface area contributed by atoms with Crippen LogP contribution in [0.5, 0.6) is 0 Å². The third-order valence-electron chi connectivity index (χ3n) is 8.75. The lowest BCUT2D eigenvalue weighted by Crippen LogP contribution is -2.66. The molecule has 0 spiro atoms. The molecular formula is C36H52N10O6. The number of amides is 2. The number of carboxylic acids is 2. The number of carbonyl (C=O) groups excluding carboxylic acids is 2. The van der Waals surface area contributed by atoms with Crippen molar-refractivity contribution in [1.29, 1.82) is 0 Å². The number of carbonyl (C=O) groups is 4. The fraction of sp³-hybridized carbons (Fsp3) is 0.444. The maximum absolute atomic E-state index is 12.0. The molecule has 3 fully saturated rings. The Bertz CT molecular complexity index is 1360. The third-order valence-corrected chi connectivity index (χ3v) is 8.75. The predicted octanol–water partition coefficient (Wildman–Crippen LogP) is -1.23. The molecule has 3 aliphatic rings. The van der Waals surface area contributed by atoms with E-state index in [1.807, 2.05) is 24.3 Å². The van der Waals surface area contributed by atoms with Gasteiger partial charge in [-0.15, -0.1) is 0 Å². The van der Waals surface area contributed by atoms with Crippen LogP contribution in [-0.2, 0) is 32.3 Å². The zero-order valence-electron chi connectivity index (χ0n) is 29.4. The van der Waals surface area contributed by atoms with Crippen molar-refractivity contribution in [2.45, 2.75) is 24.2 Å². The van der Waals surface area contributed by atoms with E-state index in [0.717, 1.165) is 114 Å². The number of hydrogen-bond donors (Lipinski definition) is 12. The van der Waals surface area contributed by atoms with Crippen LogP contribution in [-0.4, -0.2) is 124 Å². The second kappa shape index (κ2) is 21.1. The van der Waals surface area contributed by atoms with Gasteiger partial charge >= 0.3 is 11.9 Å². The molecule has 12 N–H and O–H groups in total. The van der Waals surface area contributed by atoms with Gasteiger partial charge in [-0.25, -0.2) is 9.59 Å². The van der Waals surface area contributed by atoms with Crippen LogP contribution in [0.2, 0.25) is 0 Å². The molecule has 2 amide bonds. The number of fused-ring (bicyclic) bond motifs is 15.